The predicted molar refractivity (Wildman–Crippen MR) is 105 cm³/mol. The molecule has 1 saturated heterocycles. The van der Waals surface area contributed by atoms with E-state index < -0.39 is 5.82 Å². The number of thiophene rings is 1. The Morgan fingerprint density at radius 1 is 1.04 bits per heavy atom. The van der Waals surface area contributed by atoms with E-state index in [2.05, 4.69) is 0 Å². The van der Waals surface area contributed by atoms with Crippen LogP contribution in [0.15, 0.2) is 41.8 Å². The highest BCUT2D eigenvalue weighted by molar-refractivity contribution is 7.12. The third kappa shape index (κ3) is 4.56. The summed E-state index contributed by atoms with van der Waals surface area (Å²) in [6.45, 7) is 1.64. The van der Waals surface area contributed by atoms with Crippen LogP contribution < -0.4 is 0 Å². The van der Waals surface area contributed by atoms with E-state index >= 15 is 0 Å². The summed E-state index contributed by atoms with van der Waals surface area (Å²) in [5.74, 6) is -1.25. The molecule has 8 heteroatoms. The van der Waals surface area contributed by atoms with Gasteiger partial charge in [-0.15, -0.1) is 11.3 Å². The molecule has 0 spiro atoms. The fraction of sp³-hybridized carbons (Fsp3) is 0.350. The molecule has 0 unspecified atom stereocenters. The van der Waals surface area contributed by atoms with Crippen LogP contribution in [0, 0.1) is 5.82 Å². The van der Waals surface area contributed by atoms with Gasteiger partial charge in [0.1, 0.15) is 5.82 Å². The van der Waals surface area contributed by atoms with Gasteiger partial charge in [-0.05, 0) is 30.0 Å². The largest absolute Gasteiger partial charge is 0.339 e. The van der Waals surface area contributed by atoms with Crippen molar-refractivity contribution in [3.63, 3.8) is 0 Å². The fourth-order valence-corrected chi connectivity index (χ4v) is 3.86. The normalized spacial score (nSPS) is 14.5. The molecule has 0 N–H and O–H groups in total. The lowest BCUT2D eigenvalue weighted by Gasteiger charge is -2.24. The molecule has 3 rings (SSSR count). The minimum absolute atomic E-state index is 0.0159. The van der Waals surface area contributed by atoms with Crippen molar-refractivity contribution in [2.75, 3.05) is 39.8 Å². The first-order valence-electron chi connectivity index (χ1n) is 9.08. The maximum absolute atomic E-state index is 13.9. The van der Waals surface area contributed by atoms with Crippen LogP contribution in [-0.2, 0) is 4.79 Å². The van der Waals surface area contributed by atoms with E-state index in [-0.39, 0.29) is 29.8 Å². The van der Waals surface area contributed by atoms with E-state index in [0.29, 0.717) is 37.5 Å². The van der Waals surface area contributed by atoms with Crippen molar-refractivity contribution in [1.82, 2.24) is 14.7 Å². The van der Waals surface area contributed by atoms with E-state index in [1.54, 1.807) is 41.1 Å². The fourth-order valence-electron chi connectivity index (χ4n) is 3.14. The summed E-state index contributed by atoms with van der Waals surface area (Å²) in [6, 6.07) is 9.43. The van der Waals surface area contributed by atoms with Gasteiger partial charge < -0.3 is 14.7 Å². The van der Waals surface area contributed by atoms with Crippen LogP contribution in [-0.4, -0.2) is 72.2 Å². The Morgan fingerprint density at radius 2 is 1.75 bits per heavy atom. The summed E-state index contributed by atoms with van der Waals surface area (Å²) < 4.78 is 13.9. The molecule has 1 aromatic heterocycles. The molecule has 3 amide bonds. The molecule has 1 aliphatic rings. The number of rotatable bonds is 4. The molecular formula is C20H22FN3O3S. The maximum Gasteiger partial charge on any atom is 0.264 e. The van der Waals surface area contributed by atoms with Gasteiger partial charge in [0.05, 0.1) is 17.0 Å². The van der Waals surface area contributed by atoms with Crippen molar-refractivity contribution >= 4 is 29.1 Å². The van der Waals surface area contributed by atoms with Crippen LogP contribution >= 0.6 is 11.3 Å². The van der Waals surface area contributed by atoms with Crippen LogP contribution in [0.1, 0.15) is 26.5 Å². The number of carbonyl (C=O) groups excluding carboxylic acids is 3. The Balaban J connectivity index is 1.57. The van der Waals surface area contributed by atoms with Crippen LogP contribution in [0.4, 0.5) is 4.39 Å². The number of hydrogen-bond donors (Lipinski definition) is 0. The molecule has 6 nitrogen and oxygen atoms in total. The summed E-state index contributed by atoms with van der Waals surface area (Å²) in [5, 5.41) is 1.82. The second-order valence-electron chi connectivity index (χ2n) is 6.64. The lowest BCUT2D eigenvalue weighted by Crippen LogP contribution is -2.43. The summed E-state index contributed by atoms with van der Waals surface area (Å²) in [6.07, 6.45) is 0.606. The Morgan fingerprint density at radius 3 is 2.46 bits per heavy atom. The number of likely N-dealkylation sites (N-methyl/N-ethyl adjacent to an activating group) is 1. The smallest absolute Gasteiger partial charge is 0.264 e. The summed E-state index contributed by atoms with van der Waals surface area (Å²) in [5.41, 5.74) is 0.0450. The lowest BCUT2D eigenvalue weighted by molar-refractivity contribution is -0.131. The second-order valence-corrected chi connectivity index (χ2v) is 7.59. The molecule has 0 radical (unpaired) electrons. The second kappa shape index (κ2) is 8.97. The van der Waals surface area contributed by atoms with Crippen molar-refractivity contribution in [2.45, 2.75) is 6.42 Å². The zero-order valence-corrected chi connectivity index (χ0v) is 16.5. The Hall–Kier alpha value is -2.74. The number of halogens is 1. The number of amides is 3. The zero-order chi connectivity index (χ0) is 20.1. The van der Waals surface area contributed by atoms with E-state index in [4.69, 9.17) is 0 Å². The van der Waals surface area contributed by atoms with Gasteiger partial charge in [-0.1, -0.05) is 18.2 Å². The minimum atomic E-state index is -0.543. The average molecular weight is 403 g/mol. The van der Waals surface area contributed by atoms with Crippen molar-refractivity contribution in [3.8, 4) is 0 Å². The van der Waals surface area contributed by atoms with Gasteiger partial charge in [-0.2, -0.15) is 0 Å². The summed E-state index contributed by atoms with van der Waals surface area (Å²) in [4.78, 5) is 42.7. The first-order chi connectivity index (χ1) is 13.5. The zero-order valence-electron chi connectivity index (χ0n) is 15.6. The van der Waals surface area contributed by atoms with Crippen LogP contribution in [0.25, 0.3) is 0 Å². The highest BCUT2D eigenvalue weighted by atomic mass is 32.1. The molecule has 1 fully saturated rings. The Kier molecular flexibility index (Phi) is 6.41. The quantitative estimate of drug-likeness (QED) is 0.787. The molecule has 28 heavy (non-hydrogen) atoms. The highest BCUT2D eigenvalue weighted by Crippen LogP contribution is 2.14. The van der Waals surface area contributed by atoms with E-state index in [0.717, 1.165) is 0 Å². The van der Waals surface area contributed by atoms with Gasteiger partial charge in [0.2, 0.25) is 5.91 Å². The number of carbonyl (C=O) groups is 3. The van der Waals surface area contributed by atoms with Crippen LogP contribution in [0.3, 0.4) is 0 Å². The van der Waals surface area contributed by atoms with Crippen molar-refractivity contribution in [3.05, 3.63) is 58.0 Å². The molecule has 1 aromatic carbocycles. The third-order valence-electron chi connectivity index (χ3n) is 4.69. The SMILES string of the molecule is CN(CC(=O)N1CCCN(C(=O)c2ccccc2F)CC1)C(=O)c1cccs1. The van der Waals surface area contributed by atoms with Gasteiger partial charge in [0.25, 0.3) is 11.8 Å². The van der Waals surface area contributed by atoms with Gasteiger partial charge in [-0.25, -0.2) is 4.39 Å². The van der Waals surface area contributed by atoms with E-state index in [1.165, 1.54) is 28.4 Å². The highest BCUT2D eigenvalue weighted by Gasteiger charge is 2.25. The molecule has 2 aromatic rings. The topological polar surface area (TPSA) is 60.9 Å². The molecular weight excluding hydrogens is 381 g/mol. The van der Waals surface area contributed by atoms with Crippen LogP contribution in [0.5, 0.6) is 0 Å². The van der Waals surface area contributed by atoms with E-state index in [1.807, 2.05) is 5.38 Å². The number of benzene rings is 1. The molecule has 0 saturated carbocycles. The predicted octanol–water partition coefficient (Wildman–Crippen LogP) is 2.33. The van der Waals surface area contributed by atoms with Crippen molar-refractivity contribution in [1.29, 1.82) is 0 Å². The van der Waals surface area contributed by atoms with Gasteiger partial charge in [-0.3, -0.25) is 14.4 Å². The van der Waals surface area contributed by atoms with Crippen LogP contribution in [0.2, 0.25) is 0 Å². The first-order valence-corrected chi connectivity index (χ1v) is 9.96. The van der Waals surface area contributed by atoms with Crippen molar-refractivity contribution < 1.29 is 18.8 Å². The molecule has 2 heterocycles. The van der Waals surface area contributed by atoms with Gasteiger partial charge in [0, 0.05) is 33.2 Å². The Bertz CT molecular complexity index is 856. The Labute approximate surface area is 167 Å². The first kappa shape index (κ1) is 20.0. The number of hydrogen-bond acceptors (Lipinski definition) is 4. The molecule has 0 atom stereocenters. The number of nitrogens with zero attached hydrogens (tertiary/aromatic N) is 3. The minimum Gasteiger partial charge on any atom is -0.339 e. The lowest BCUT2D eigenvalue weighted by atomic mass is 10.2. The van der Waals surface area contributed by atoms with Crippen molar-refractivity contribution in [2.24, 2.45) is 0 Å². The molecule has 148 valence electrons. The molecule has 1 aliphatic heterocycles. The molecule has 0 aliphatic carbocycles. The summed E-state index contributed by atoms with van der Waals surface area (Å²) in [7, 11) is 1.60. The maximum atomic E-state index is 13.9. The monoisotopic (exact) mass is 403 g/mol. The van der Waals surface area contributed by atoms with Gasteiger partial charge in [0.15, 0.2) is 0 Å². The van der Waals surface area contributed by atoms with Gasteiger partial charge >= 0.3 is 0 Å². The summed E-state index contributed by atoms with van der Waals surface area (Å²) >= 11 is 1.34. The molecule has 0 bridgehead atoms. The third-order valence-corrected chi connectivity index (χ3v) is 5.55. The van der Waals surface area contributed by atoms with E-state index in [9.17, 15) is 18.8 Å². The standard InChI is InChI=1S/C20H22FN3O3S/c1-22(20(27)17-8-4-13-28-17)14-18(25)23-9-5-10-24(12-11-23)19(26)15-6-2-3-7-16(15)21/h2-4,6-8,13H,5,9-12,14H2,1H3. The average Bonchev–Trinajstić information content (AvgIpc) is 3.11.